The summed E-state index contributed by atoms with van der Waals surface area (Å²) in [6, 6.07) is 17.5. The lowest BCUT2D eigenvalue weighted by Gasteiger charge is -2.14. The number of hydrogen-bond acceptors (Lipinski definition) is 7. The normalized spacial score (nSPS) is 11.4. The summed E-state index contributed by atoms with van der Waals surface area (Å²) < 4.78 is 2.61. The Labute approximate surface area is 198 Å². The summed E-state index contributed by atoms with van der Waals surface area (Å²) in [7, 11) is 1.86. The lowest BCUT2D eigenvalue weighted by molar-refractivity contribution is 0.0945. The molecule has 0 fully saturated rings. The number of hydrogen-bond donors (Lipinski definition) is 2. The Hall–Kier alpha value is -4.10. The van der Waals surface area contributed by atoms with Crippen LogP contribution in [-0.2, 0) is 13.6 Å². The molecule has 2 aromatic heterocycles. The quantitative estimate of drug-likeness (QED) is 0.395. The fraction of sp³-hybridized carbons (Fsp3) is 0.130. The van der Waals surface area contributed by atoms with Crippen LogP contribution in [0, 0.1) is 11.3 Å². The molecule has 2 aromatic carbocycles. The molecule has 0 aliphatic carbocycles. The van der Waals surface area contributed by atoms with E-state index in [1.807, 2.05) is 35.9 Å². The second-order valence-electron chi connectivity index (χ2n) is 7.08. The minimum Gasteiger partial charge on any atom is -0.378 e. The van der Waals surface area contributed by atoms with Crippen LogP contribution in [0.2, 0.25) is 0 Å². The first-order valence-electron chi connectivity index (χ1n) is 10.0. The molecular weight excluding hydrogens is 484 g/mol. The fourth-order valence-corrected chi connectivity index (χ4v) is 3.73. The molecule has 4 aromatic rings. The van der Waals surface area contributed by atoms with Crippen molar-refractivity contribution >= 4 is 27.5 Å². The lowest BCUT2D eigenvalue weighted by atomic mass is 10.1. The molecule has 2 N–H and O–H groups in total. The molecule has 0 saturated heterocycles. The van der Waals surface area contributed by atoms with E-state index in [0.717, 1.165) is 10.2 Å². The van der Waals surface area contributed by atoms with E-state index in [1.165, 1.54) is 6.33 Å². The van der Waals surface area contributed by atoms with Gasteiger partial charge in [-0.05, 0) is 30.3 Å². The Morgan fingerprint density at radius 2 is 2.03 bits per heavy atom. The average molecular weight is 503 g/mol. The summed E-state index contributed by atoms with van der Waals surface area (Å²) in [4.78, 5) is 20.9. The van der Waals surface area contributed by atoms with Crippen molar-refractivity contribution < 1.29 is 4.79 Å². The van der Waals surface area contributed by atoms with E-state index < -0.39 is 6.04 Å². The van der Waals surface area contributed by atoms with Crippen molar-refractivity contribution in [2.24, 2.45) is 7.05 Å². The summed E-state index contributed by atoms with van der Waals surface area (Å²) in [5.74, 6) is 1.000. The molecule has 4 rings (SSSR count). The highest BCUT2D eigenvalue weighted by molar-refractivity contribution is 9.10. The van der Waals surface area contributed by atoms with Gasteiger partial charge >= 0.3 is 0 Å². The zero-order chi connectivity index (χ0) is 23.2. The second-order valence-corrected chi connectivity index (χ2v) is 7.94. The summed E-state index contributed by atoms with van der Waals surface area (Å²) in [6.45, 7) is 0.400. The lowest BCUT2D eigenvalue weighted by Crippen LogP contribution is -2.27. The van der Waals surface area contributed by atoms with Gasteiger partial charge in [-0.2, -0.15) is 5.26 Å². The van der Waals surface area contributed by atoms with E-state index in [2.05, 4.69) is 52.8 Å². The van der Waals surface area contributed by atoms with Crippen LogP contribution in [0.3, 0.4) is 0 Å². The zero-order valence-corrected chi connectivity index (χ0v) is 19.2. The van der Waals surface area contributed by atoms with Gasteiger partial charge in [0.25, 0.3) is 5.91 Å². The van der Waals surface area contributed by atoms with Crippen molar-refractivity contribution in [3.63, 3.8) is 0 Å². The van der Waals surface area contributed by atoms with Gasteiger partial charge in [0.2, 0.25) is 0 Å². The third-order valence-corrected chi connectivity index (χ3v) is 5.69. The van der Waals surface area contributed by atoms with E-state index in [-0.39, 0.29) is 5.91 Å². The second kappa shape index (κ2) is 10.0. The Morgan fingerprint density at radius 3 is 2.79 bits per heavy atom. The maximum absolute atomic E-state index is 12.8. The number of anilines is 1. The van der Waals surface area contributed by atoms with Gasteiger partial charge in [-0.15, -0.1) is 10.2 Å². The third kappa shape index (κ3) is 5.05. The van der Waals surface area contributed by atoms with E-state index >= 15 is 0 Å². The van der Waals surface area contributed by atoms with Crippen LogP contribution in [0.15, 0.2) is 71.6 Å². The highest BCUT2D eigenvalue weighted by atomic mass is 79.9. The van der Waals surface area contributed by atoms with Crippen molar-refractivity contribution in [1.82, 2.24) is 30.0 Å². The molecule has 164 valence electrons. The minimum atomic E-state index is -0.774. The predicted molar refractivity (Wildman–Crippen MR) is 126 cm³/mol. The standard InChI is InChI=1S/C23H19BrN8O/c1-32-21(30-31-22(32)19-9-10-26-14-28-19)13-27-16-6-4-5-15(11-16)23(33)29-20(12-25)17-7-2-3-8-18(17)24/h2-11,14,20,27H,13H2,1H3,(H,29,33)/t20-/m1/s1. The number of nitriles is 1. The molecular formula is C23H19BrN8O. The van der Waals surface area contributed by atoms with Crippen LogP contribution in [0.1, 0.15) is 27.8 Å². The highest BCUT2D eigenvalue weighted by Gasteiger charge is 2.18. The molecule has 0 saturated carbocycles. The van der Waals surface area contributed by atoms with Crippen LogP contribution >= 0.6 is 15.9 Å². The highest BCUT2D eigenvalue weighted by Crippen LogP contribution is 2.23. The summed E-state index contributed by atoms with van der Waals surface area (Å²) in [5, 5.41) is 24.0. The maximum atomic E-state index is 12.8. The van der Waals surface area contributed by atoms with Gasteiger partial charge in [0.15, 0.2) is 11.6 Å². The average Bonchev–Trinajstić information content (AvgIpc) is 3.22. The van der Waals surface area contributed by atoms with Crippen molar-refractivity contribution in [1.29, 1.82) is 5.26 Å². The number of aromatic nitrogens is 5. The molecule has 0 bridgehead atoms. The van der Waals surface area contributed by atoms with E-state index in [9.17, 15) is 10.1 Å². The monoisotopic (exact) mass is 502 g/mol. The number of nitrogens with zero attached hydrogens (tertiary/aromatic N) is 6. The molecule has 10 heteroatoms. The molecule has 0 radical (unpaired) electrons. The van der Waals surface area contributed by atoms with Crippen molar-refractivity contribution in [3.8, 4) is 17.6 Å². The van der Waals surface area contributed by atoms with E-state index in [4.69, 9.17) is 0 Å². The SMILES string of the molecule is Cn1c(CNc2cccc(C(=O)N[C@H](C#N)c3ccccc3Br)c2)nnc1-c1ccncn1. The fourth-order valence-electron chi connectivity index (χ4n) is 3.22. The number of nitrogens with one attached hydrogen (secondary N) is 2. The van der Waals surface area contributed by atoms with Crippen LogP contribution in [0.5, 0.6) is 0 Å². The van der Waals surface area contributed by atoms with E-state index in [0.29, 0.717) is 35.0 Å². The van der Waals surface area contributed by atoms with Gasteiger partial charge in [0, 0.05) is 34.5 Å². The van der Waals surface area contributed by atoms with Crippen LogP contribution < -0.4 is 10.6 Å². The number of benzene rings is 2. The topological polar surface area (TPSA) is 121 Å². The molecule has 0 aliphatic rings. The van der Waals surface area contributed by atoms with Crippen molar-refractivity contribution in [3.05, 3.63) is 88.5 Å². The summed E-state index contributed by atoms with van der Waals surface area (Å²) >= 11 is 3.43. The Morgan fingerprint density at radius 1 is 1.18 bits per heavy atom. The molecule has 33 heavy (non-hydrogen) atoms. The molecule has 9 nitrogen and oxygen atoms in total. The molecule has 1 amide bonds. The largest absolute Gasteiger partial charge is 0.378 e. The maximum Gasteiger partial charge on any atom is 0.252 e. The first kappa shape index (κ1) is 22.1. The van der Waals surface area contributed by atoms with Crippen LogP contribution in [0.4, 0.5) is 5.69 Å². The van der Waals surface area contributed by atoms with Crippen LogP contribution in [0.25, 0.3) is 11.5 Å². The Kier molecular flexibility index (Phi) is 6.71. The van der Waals surface area contributed by atoms with Gasteiger partial charge < -0.3 is 15.2 Å². The Bertz CT molecular complexity index is 1320. The van der Waals surface area contributed by atoms with Gasteiger partial charge in [-0.3, -0.25) is 4.79 Å². The van der Waals surface area contributed by atoms with Gasteiger partial charge in [-0.1, -0.05) is 40.2 Å². The number of rotatable bonds is 7. The summed E-state index contributed by atoms with van der Waals surface area (Å²) in [5.41, 5.74) is 2.56. The summed E-state index contributed by atoms with van der Waals surface area (Å²) in [6.07, 6.45) is 3.12. The molecule has 2 heterocycles. The van der Waals surface area contributed by atoms with Gasteiger partial charge in [0.05, 0.1) is 12.6 Å². The number of halogens is 1. The minimum absolute atomic E-state index is 0.342. The number of carbonyl (C=O) groups is 1. The molecule has 0 spiro atoms. The number of amides is 1. The zero-order valence-electron chi connectivity index (χ0n) is 17.6. The molecule has 0 aliphatic heterocycles. The van der Waals surface area contributed by atoms with Crippen molar-refractivity contribution in [2.75, 3.05) is 5.32 Å². The van der Waals surface area contributed by atoms with Gasteiger partial charge in [-0.25, -0.2) is 9.97 Å². The predicted octanol–water partition coefficient (Wildman–Crippen LogP) is 3.64. The van der Waals surface area contributed by atoms with E-state index in [1.54, 1.807) is 36.5 Å². The number of carbonyl (C=O) groups excluding carboxylic acids is 1. The van der Waals surface area contributed by atoms with Crippen molar-refractivity contribution in [2.45, 2.75) is 12.6 Å². The van der Waals surface area contributed by atoms with Crippen LogP contribution in [-0.4, -0.2) is 30.6 Å². The Balaban J connectivity index is 1.44. The van der Waals surface area contributed by atoms with Gasteiger partial charge in [0.1, 0.15) is 18.1 Å². The first-order valence-corrected chi connectivity index (χ1v) is 10.8. The first-order chi connectivity index (χ1) is 16.1. The third-order valence-electron chi connectivity index (χ3n) is 4.97. The molecule has 0 unspecified atom stereocenters. The molecule has 1 atom stereocenters. The smallest absolute Gasteiger partial charge is 0.252 e.